The van der Waals surface area contributed by atoms with Gasteiger partial charge in [0.2, 0.25) is 15.9 Å². The van der Waals surface area contributed by atoms with Crippen molar-refractivity contribution < 1.29 is 13.2 Å². The monoisotopic (exact) mass is 428 g/mol. The Morgan fingerprint density at radius 2 is 1.88 bits per heavy atom. The number of halogens is 1. The van der Waals surface area contributed by atoms with Crippen LogP contribution >= 0.6 is 27.7 Å². The first-order valence-electron chi connectivity index (χ1n) is 6.97. The molecule has 0 atom stereocenters. The van der Waals surface area contributed by atoms with Crippen LogP contribution in [0.15, 0.2) is 57.9 Å². The summed E-state index contributed by atoms with van der Waals surface area (Å²) in [5.74, 6) is -0.401. The lowest BCUT2D eigenvalue weighted by molar-refractivity contribution is -0.114. The smallest absolute Gasteiger partial charge is 0.245 e. The number of carbonyl (C=O) groups excluding carboxylic acids is 1. The number of nitrogens with one attached hydrogen (secondary N) is 1. The Bertz CT molecular complexity index is 823. The molecule has 0 saturated carbocycles. The van der Waals surface area contributed by atoms with Gasteiger partial charge >= 0.3 is 0 Å². The van der Waals surface area contributed by atoms with Gasteiger partial charge < -0.3 is 5.32 Å². The minimum absolute atomic E-state index is 0.288. The largest absolute Gasteiger partial charge is 0.324 e. The second kappa shape index (κ2) is 8.04. The zero-order chi connectivity index (χ0) is 17.7. The Labute approximate surface area is 154 Å². The van der Waals surface area contributed by atoms with Gasteiger partial charge in [-0.3, -0.25) is 9.10 Å². The number of hydrogen-bond donors (Lipinski definition) is 1. The highest BCUT2D eigenvalue weighted by Crippen LogP contribution is 2.22. The number of carbonyl (C=O) groups is 1. The summed E-state index contributed by atoms with van der Waals surface area (Å²) in [7, 11) is -3.58. The normalized spacial score (nSPS) is 11.1. The molecule has 0 aliphatic heterocycles. The molecular formula is C16H17BrN2O3S2. The van der Waals surface area contributed by atoms with Crippen molar-refractivity contribution in [3.8, 4) is 0 Å². The van der Waals surface area contributed by atoms with Gasteiger partial charge in [0.15, 0.2) is 0 Å². The van der Waals surface area contributed by atoms with Crippen LogP contribution in [0.4, 0.5) is 11.4 Å². The fourth-order valence-corrected chi connectivity index (χ4v) is 3.62. The molecular weight excluding hydrogens is 412 g/mol. The maximum atomic E-state index is 12.3. The van der Waals surface area contributed by atoms with E-state index in [-0.39, 0.29) is 6.54 Å². The summed E-state index contributed by atoms with van der Waals surface area (Å²) >= 11 is 4.87. The average molecular weight is 429 g/mol. The minimum atomic E-state index is -3.58. The number of benzene rings is 2. The minimum Gasteiger partial charge on any atom is -0.324 e. The first-order valence-corrected chi connectivity index (χ1v) is 10.8. The molecule has 0 saturated heterocycles. The fourth-order valence-electron chi connectivity index (χ4n) is 2.04. The third kappa shape index (κ3) is 5.25. The van der Waals surface area contributed by atoms with Gasteiger partial charge in [0.1, 0.15) is 6.54 Å². The lowest BCUT2D eigenvalue weighted by Crippen LogP contribution is -2.37. The Kier molecular flexibility index (Phi) is 6.31. The van der Waals surface area contributed by atoms with Crippen LogP contribution in [0, 0.1) is 0 Å². The van der Waals surface area contributed by atoms with Gasteiger partial charge in [0, 0.05) is 15.1 Å². The van der Waals surface area contributed by atoms with E-state index in [0.717, 1.165) is 19.9 Å². The Morgan fingerprint density at radius 1 is 1.21 bits per heavy atom. The lowest BCUT2D eigenvalue weighted by Gasteiger charge is -2.22. The molecule has 2 aromatic carbocycles. The molecule has 0 heterocycles. The molecule has 128 valence electrons. The van der Waals surface area contributed by atoms with Crippen molar-refractivity contribution in [1.82, 2.24) is 0 Å². The molecule has 2 aromatic rings. The van der Waals surface area contributed by atoms with E-state index in [1.165, 1.54) is 0 Å². The van der Waals surface area contributed by atoms with Gasteiger partial charge in [-0.1, -0.05) is 22.0 Å². The molecule has 0 unspecified atom stereocenters. The number of nitrogens with zero attached hydrogens (tertiary/aromatic N) is 1. The van der Waals surface area contributed by atoms with Gasteiger partial charge in [-0.2, -0.15) is 0 Å². The molecule has 5 nitrogen and oxygen atoms in total. The van der Waals surface area contributed by atoms with Crippen molar-refractivity contribution in [3.63, 3.8) is 0 Å². The average Bonchev–Trinajstić information content (AvgIpc) is 2.53. The lowest BCUT2D eigenvalue weighted by atomic mass is 10.3. The Balaban J connectivity index is 2.17. The van der Waals surface area contributed by atoms with Gasteiger partial charge in [-0.15, -0.1) is 11.8 Å². The summed E-state index contributed by atoms with van der Waals surface area (Å²) in [5.41, 5.74) is 1.07. The van der Waals surface area contributed by atoms with E-state index >= 15 is 0 Å². The molecule has 0 radical (unpaired) electrons. The summed E-state index contributed by atoms with van der Waals surface area (Å²) in [6, 6.07) is 14.1. The van der Waals surface area contributed by atoms with Crippen LogP contribution in [0.3, 0.4) is 0 Å². The molecule has 24 heavy (non-hydrogen) atoms. The highest BCUT2D eigenvalue weighted by molar-refractivity contribution is 9.10. The molecule has 1 N–H and O–H groups in total. The van der Waals surface area contributed by atoms with Crippen LogP contribution in [0.5, 0.6) is 0 Å². The third-order valence-electron chi connectivity index (χ3n) is 3.16. The highest BCUT2D eigenvalue weighted by atomic mass is 79.9. The first kappa shape index (κ1) is 18.8. The first-order chi connectivity index (χ1) is 11.3. The van der Waals surface area contributed by atoms with E-state index in [1.807, 2.05) is 24.5 Å². The fraction of sp³-hybridized carbons (Fsp3) is 0.188. The second-order valence-electron chi connectivity index (χ2n) is 5.03. The maximum absolute atomic E-state index is 12.3. The predicted molar refractivity (Wildman–Crippen MR) is 103 cm³/mol. The molecule has 0 bridgehead atoms. The van der Waals surface area contributed by atoms with E-state index in [2.05, 4.69) is 21.2 Å². The zero-order valence-electron chi connectivity index (χ0n) is 13.2. The summed E-state index contributed by atoms with van der Waals surface area (Å²) < 4.78 is 26.0. The number of hydrogen-bond acceptors (Lipinski definition) is 4. The standard InChI is InChI=1S/C16H17BrN2O3S2/c1-23-15-5-3-4-13(10-15)18-16(20)11-19(24(2,21)22)14-8-6-12(17)7-9-14/h3-10H,11H2,1-2H3,(H,18,20). The van der Waals surface area contributed by atoms with Gasteiger partial charge in [-0.05, 0) is 48.7 Å². The number of thioether (sulfide) groups is 1. The molecule has 0 aromatic heterocycles. The van der Waals surface area contributed by atoms with E-state index in [9.17, 15) is 13.2 Å². The van der Waals surface area contributed by atoms with Gasteiger partial charge in [0.05, 0.1) is 11.9 Å². The van der Waals surface area contributed by atoms with Gasteiger partial charge in [-0.25, -0.2) is 8.42 Å². The van der Waals surface area contributed by atoms with Crippen LogP contribution in [0.1, 0.15) is 0 Å². The predicted octanol–water partition coefficient (Wildman–Crippen LogP) is 3.58. The van der Waals surface area contributed by atoms with Crippen LogP contribution in [0.2, 0.25) is 0 Å². The van der Waals surface area contributed by atoms with Crippen LogP contribution < -0.4 is 9.62 Å². The summed E-state index contributed by atoms with van der Waals surface area (Å²) in [6.45, 7) is -0.288. The number of sulfonamides is 1. The topological polar surface area (TPSA) is 66.5 Å². The van der Waals surface area contributed by atoms with Crippen molar-refractivity contribution >= 4 is 55.0 Å². The Hall–Kier alpha value is -1.51. The maximum Gasteiger partial charge on any atom is 0.245 e. The summed E-state index contributed by atoms with van der Waals surface area (Å²) in [4.78, 5) is 13.3. The molecule has 8 heteroatoms. The van der Waals surface area contributed by atoms with Crippen LogP contribution in [0.25, 0.3) is 0 Å². The highest BCUT2D eigenvalue weighted by Gasteiger charge is 2.20. The summed E-state index contributed by atoms with van der Waals surface area (Å²) in [6.07, 6.45) is 3.02. The second-order valence-corrected chi connectivity index (χ2v) is 8.73. The van der Waals surface area contributed by atoms with Crippen LogP contribution in [-0.4, -0.2) is 33.4 Å². The van der Waals surface area contributed by atoms with Crippen LogP contribution in [-0.2, 0) is 14.8 Å². The molecule has 0 aliphatic carbocycles. The molecule has 2 rings (SSSR count). The number of amides is 1. The number of anilines is 2. The van der Waals surface area contributed by atoms with Gasteiger partial charge in [0.25, 0.3) is 0 Å². The van der Waals surface area contributed by atoms with E-state index in [0.29, 0.717) is 11.4 Å². The number of rotatable bonds is 6. The SMILES string of the molecule is CSc1cccc(NC(=O)CN(c2ccc(Br)cc2)S(C)(=O)=O)c1. The molecule has 0 spiro atoms. The molecule has 0 aliphatic rings. The van der Waals surface area contributed by atoms with E-state index in [1.54, 1.807) is 42.1 Å². The quantitative estimate of drug-likeness (QED) is 0.713. The molecule has 0 fully saturated rings. The third-order valence-corrected chi connectivity index (χ3v) is 5.55. The van der Waals surface area contributed by atoms with Crippen molar-refractivity contribution in [2.24, 2.45) is 0 Å². The van der Waals surface area contributed by atoms with Crippen molar-refractivity contribution in [3.05, 3.63) is 53.0 Å². The van der Waals surface area contributed by atoms with Crippen molar-refractivity contribution in [2.45, 2.75) is 4.90 Å². The molecule has 1 amide bonds. The van der Waals surface area contributed by atoms with Crippen molar-refractivity contribution in [2.75, 3.05) is 28.7 Å². The Morgan fingerprint density at radius 3 is 2.46 bits per heavy atom. The van der Waals surface area contributed by atoms with E-state index < -0.39 is 15.9 Å². The van der Waals surface area contributed by atoms with Crippen molar-refractivity contribution in [1.29, 1.82) is 0 Å². The van der Waals surface area contributed by atoms with E-state index in [4.69, 9.17) is 0 Å². The zero-order valence-corrected chi connectivity index (χ0v) is 16.4. The summed E-state index contributed by atoms with van der Waals surface area (Å²) in [5, 5.41) is 2.73.